The van der Waals surface area contributed by atoms with Gasteiger partial charge >= 0.3 is 12.1 Å². The monoisotopic (exact) mass is 380 g/mol. The normalized spacial score (nSPS) is 25.0. The van der Waals surface area contributed by atoms with Crippen molar-refractivity contribution in [2.45, 2.75) is 6.18 Å². The van der Waals surface area contributed by atoms with Crippen LogP contribution in [0.3, 0.4) is 0 Å². The first-order valence-electron chi connectivity index (χ1n) is 7.78. The zero-order valence-corrected chi connectivity index (χ0v) is 14.3. The molecule has 1 aromatic rings. The number of fused-ring (bicyclic) bond motifs is 1. The Hall–Kier alpha value is -2.01. The van der Waals surface area contributed by atoms with Gasteiger partial charge in [0.25, 0.3) is 0 Å². The van der Waals surface area contributed by atoms with E-state index < -0.39 is 18.0 Å². The number of aromatic nitrogens is 2. The number of halogens is 4. The van der Waals surface area contributed by atoms with E-state index in [2.05, 4.69) is 33.9 Å². The third kappa shape index (κ3) is 4.79. The van der Waals surface area contributed by atoms with Crippen LogP contribution in [0.1, 0.15) is 0 Å². The van der Waals surface area contributed by atoms with Crippen LogP contribution >= 0.6 is 0 Å². The predicted octanol–water partition coefficient (Wildman–Crippen LogP) is 1.26. The summed E-state index contributed by atoms with van der Waals surface area (Å²) in [5.41, 5.74) is 0.154. The van der Waals surface area contributed by atoms with Gasteiger partial charge in [-0.05, 0) is 14.1 Å². The highest BCUT2D eigenvalue weighted by Crippen LogP contribution is 2.42. The second-order valence-electron chi connectivity index (χ2n) is 6.70. The maximum atomic E-state index is 12.9. The van der Waals surface area contributed by atoms with Crippen LogP contribution in [0.15, 0.2) is 12.4 Å². The molecule has 0 saturated carbocycles. The maximum Gasteiger partial charge on any atom is 0.490 e. The Balaban J connectivity index is 0.000000298. The molecule has 7 nitrogen and oxygen atoms in total. The van der Waals surface area contributed by atoms with E-state index in [1.54, 1.807) is 0 Å². The highest BCUT2D eigenvalue weighted by Gasteiger charge is 2.51. The molecule has 3 rings (SSSR count). The van der Waals surface area contributed by atoms with Crippen LogP contribution < -0.4 is 4.90 Å². The largest absolute Gasteiger partial charge is 0.490 e. The van der Waals surface area contributed by atoms with Crippen molar-refractivity contribution in [3.8, 4) is 0 Å². The molecule has 2 aliphatic heterocycles. The van der Waals surface area contributed by atoms with Gasteiger partial charge in [0.05, 0.1) is 25.6 Å². The van der Waals surface area contributed by atoms with Crippen molar-refractivity contribution in [3.63, 3.8) is 0 Å². The minimum Gasteiger partial charge on any atom is -0.475 e. The number of nitrogens with zero attached hydrogens (tertiary/aromatic N) is 4. The third-order valence-electron chi connectivity index (χ3n) is 4.28. The lowest BCUT2D eigenvalue weighted by molar-refractivity contribution is -0.192. The Bertz CT molecular complexity index is 626. The van der Waals surface area contributed by atoms with Gasteiger partial charge in [0.1, 0.15) is 0 Å². The number of ether oxygens (including phenoxy) is 1. The van der Waals surface area contributed by atoms with E-state index >= 15 is 0 Å². The molecule has 26 heavy (non-hydrogen) atoms. The molecule has 146 valence electrons. The van der Waals surface area contributed by atoms with Crippen LogP contribution in [0.5, 0.6) is 0 Å². The van der Waals surface area contributed by atoms with Gasteiger partial charge in [-0.2, -0.15) is 13.2 Å². The fraction of sp³-hybridized carbons (Fsp3) is 0.667. The van der Waals surface area contributed by atoms with Crippen molar-refractivity contribution >= 4 is 11.9 Å². The Kier molecular flexibility index (Phi) is 6.02. The van der Waals surface area contributed by atoms with Gasteiger partial charge in [0, 0.05) is 31.0 Å². The fourth-order valence-electron chi connectivity index (χ4n) is 3.31. The van der Waals surface area contributed by atoms with E-state index in [4.69, 9.17) is 14.6 Å². The lowest BCUT2D eigenvalue weighted by Gasteiger charge is -2.30. The van der Waals surface area contributed by atoms with Gasteiger partial charge in [-0.1, -0.05) is 0 Å². The first-order chi connectivity index (χ1) is 12.0. The van der Waals surface area contributed by atoms with Crippen molar-refractivity contribution < 1.29 is 32.2 Å². The van der Waals surface area contributed by atoms with Gasteiger partial charge in [0.2, 0.25) is 5.95 Å². The second kappa shape index (κ2) is 7.70. The van der Waals surface area contributed by atoms with E-state index in [1.807, 2.05) is 0 Å². The molecule has 0 spiro atoms. The molecule has 11 heteroatoms. The molecule has 0 aliphatic carbocycles. The SMILES string of the molecule is CN(C)C[C@]12COC[C@H]1CN(c1ncc(F)cn1)C2.O=C(O)C(F)(F)F. The number of hydrogen-bond acceptors (Lipinski definition) is 6. The highest BCUT2D eigenvalue weighted by molar-refractivity contribution is 5.73. The number of carboxylic acids is 1. The van der Waals surface area contributed by atoms with Gasteiger partial charge in [0.15, 0.2) is 5.82 Å². The van der Waals surface area contributed by atoms with Crippen LogP contribution in [0.2, 0.25) is 0 Å². The summed E-state index contributed by atoms with van der Waals surface area (Å²) in [6.07, 6.45) is -2.63. The van der Waals surface area contributed by atoms with Crippen LogP contribution in [-0.2, 0) is 9.53 Å². The second-order valence-corrected chi connectivity index (χ2v) is 6.70. The Morgan fingerprint density at radius 1 is 1.42 bits per heavy atom. The quantitative estimate of drug-likeness (QED) is 0.791. The first-order valence-corrected chi connectivity index (χ1v) is 7.78. The summed E-state index contributed by atoms with van der Waals surface area (Å²) < 4.78 is 50.3. The minimum atomic E-state index is -5.08. The summed E-state index contributed by atoms with van der Waals surface area (Å²) in [5, 5.41) is 7.12. The van der Waals surface area contributed by atoms with Gasteiger partial charge in [-0.3, -0.25) is 0 Å². The van der Waals surface area contributed by atoms with Crippen molar-refractivity contribution in [2.24, 2.45) is 11.3 Å². The Morgan fingerprint density at radius 3 is 2.50 bits per heavy atom. The van der Waals surface area contributed by atoms with E-state index in [9.17, 15) is 17.6 Å². The van der Waals surface area contributed by atoms with E-state index in [1.165, 1.54) is 12.4 Å². The zero-order valence-electron chi connectivity index (χ0n) is 14.3. The van der Waals surface area contributed by atoms with Gasteiger partial charge in [-0.25, -0.2) is 19.2 Å². The number of aliphatic carboxylic acids is 1. The van der Waals surface area contributed by atoms with E-state index in [-0.39, 0.29) is 5.41 Å². The first kappa shape index (κ1) is 20.3. The molecule has 0 unspecified atom stereocenters. The number of rotatable bonds is 3. The molecule has 0 bridgehead atoms. The number of anilines is 1. The molecular formula is C15H20F4N4O3. The molecule has 0 amide bonds. The predicted molar refractivity (Wildman–Crippen MR) is 83.2 cm³/mol. The summed E-state index contributed by atoms with van der Waals surface area (Å²) in [6, 6.07) is 0. The maximum absolute atomic E-state index is 12.9. The van der Waals surface area contributed by atoms with Crippen LogP contribution in [0, 0.1) is 17.2 Å². The molecule has 2 fully saturated rings. The summed E-state index contributed by atoms with van der Waals surface area (Å²) in [6.45, 7) is 4.34. The molecular weight excluding hydrogens is 360 g/mol. The molecule has 3 heterocycles. The van der Waals surface area contributed by atoms with Crippen molar-refractivity contribution in [1.82, 2.24) is 14.9 Å². The fourth-order valence-corrected chi connectivity index (χ4v) is 3.31. The summed E-state index contributed by atoms with van der Waals surface area (Å²) in [4.78, 5) is 21.4. The average molecular weight is 380 g/mol. The summed E-state index contributed by atoms with van der Waals surface area (Å²) in [5.74, 6) is -2.03. The topological polar surface area (TPSA) is 78.8 Å². The van der Waals surface area contributed by atoms with Crippen molar-refractivity contribution in [3.05, 3.63) is 18.2 Å². The average Bonchev–Trinajstić information content (AvgIpc) is 3.03. The number of hydrogen-bond donors (Lipinski definition) is 1. The smallest absolute Gasteiger partial charge is 0.475 e. The molecule has 1 N–H and O–H groups in total. The molecule has 1 aromatic heterocycles. The highest BCUT2D eigenvalue weighted by atomic mass is 19.4. The van der Waals surface area contributed by atoms with E-state index in [0.717, 1.165) is 32.8 Å². The number of alkyl halides is 3. The molecule has 2 aliphatic rings. The summed E-state index contributed by atoms with van der Waals surface area (Å²) in [7, 11) is 4.17. The Labute approximate surface area is 147 Å². The van der Waals surface area contributed by atoms with Crippen LogP contribution in [-0.4, -0.2) is 79.1 Å². The van der Waals surface area contributed by atoms with Gasteiger partial charge < -0.3 is 19.6 Å². The zero-order chi connectivity index (χ0) is 19.5. The molecule has 2 saturated heterocycles. The van der Waals surface area contributed by atoms with Crippen molar-refractivity contribution in [2.75, 3.05) is 51.8 Å². The molecule has 0 aromatic carbocycles. The minimum absolute atomic E-state index is 0.154. The molecule has 0 radical (unpaired) electrons. The van der Waals surface area contributed by atoms with Crippen LogP contribution in [0.25, 0.3) is 0 Å². The standard InChI is InChI=1S/C13H19FN4O.C2HF3O2/c1-17(2)7-13-8-18(5-10(13)6-19-9-13)12-15-3-11(14)4-16-12;3-2(4,5)1(6)7/h3-4,10H,5-9H2,1-2H3;(H,6,7)/t10-,13+;/m1./s1. The molecule has 2 atom stereocenters. The number of carboxylic acid groups (broad SMARTS) is 1. The Morgan fingerprint density at radius 2 is 2.00 bits per heavy atom. The van der Waals surface area contributed by atoms with Gasteiger partial charge in [-0.15, -0.1) is 0 Å². The van der Waals surface area contributed by atoms with Crippen LogP contribution in [0.4, 0.5) is 23.5 Å². The third-order valence-corrected chi connectivity index (χ3v) is 4.28. The van der Waals surface area contributed by atoms with E-state index in [0.29, 0.717) is 11.9 Å². The number of carbonyl (C=O) groups is 1. The lowest BCUT2D eigenvalue weighted by Crippen LogP contribution is -2.40. The lowest BCUT2D eigenvalue weighted by atomic mass is 9.81. The summed E-state index contributed by atoms with van der Waals surface area (Å²) >= 11 is 0. The van der Waals surface area contributed by atoms with Crippen molar-refractivity contribution in [1.29, 1.82) is 0 Å².